The number of amides is 1. The van der Waals surface area contributed by atoms with Crippen LogP contribution in [0.4, 0.5) is 0 Å². The average molecular weight is 480 g/mol. The van der Waals surface area contributed by atoms with Gasteiger partial charge in [-0.3, -0.25) is 4.79 Å². The van der Waals surface area contributed by atoms with Crippen molar-refractivity contribution in [3.8, 4) is 28.7 Å². The summed E-state index contributed by atoms with van der Waals surface area (Å²) in [5, 5.41) is 14.2. The Kier molecular flexibility index (Phi) is 7.62. The van der Waals surface area contributed by atoms with Gasteiger partial charge in [0.2, 0.25) is 18.3 Å². The van der Waals surface area contributed by atoms with Gasteiger partial charge >= 0.3 is 0 Å². The van der Waals surface area contributed by atoms with Crippen LogP contribution in [0.15, 0.2) is 60.7 Å². The Labute approximate surface area is 204 Å². The number of nitrogens with one attached hydrogen (secondary N) is 1. The lowest BCUT2D eigenvalue weighted by Crippen LogP contribution is -2.31. The summed E-state index contributed by atoms with van der Waals surface area (Å²) < 4.78 is 27.4. The first-order chi connectivity index (χ1) is 17.0. The second-order valence-corrected chi connectivity index (χ2v) is 8.09. The van der Waals surface area contributed by atoms with Crippen molar-refractivity contribution in [3.63, 3.8) is 0 Å². The molecule has 0 aliphatic carbocycles. The first-order valence-corrected chi connectivity index (χ1v) is 11.3. The Morgan fingerprint density at radius 1 is 0.971 bits per heavy atom. The Bertz CT molecular complexity index is 1150. The summed E-state index contributed by atoms with van der Waals surface area (Å²) in [5.41, 5.74) is 2.11. The van der Waals surface area contributed by atoms with E-state index in [1.807, 2.05) is 42.5 Å². The molecule has 8 nitrogen and oxygen atoms in total. The predicted octanol–water partition coefficient (Wildman–Crippen LogP) is 3.91. The van der Waals surface area contributed by atoms with Crippen LogP contribution in [-0.4, -0.2) is 45.2 Å². The topological polar surface area (TPSA) is 95.5 Å². The van der Waals surface area contributed by atoms with E-state index < -0.39 is 12.1 Å². The third kappa shape index (κ3) is 5.44. The molecule has 35 heavy (non-hydrogen) atoms. The predicted molar refractivity (Wildman–Crippen MR) is 130 cm³/mol. The minimum Gasteiger partial charge on any atom is -0.497 e. The monoisotopic (exact) mass is 479 g/mol. The Morgan fingerprint density at radius 3 is 2.34 bits per heavy atom. The van der Waals surface area contributed by atoms with E-state index in [1.54, 1.807) is 39.5 Å². The number of hydrogen-bond donors (Lipinski definition) is 2. The Balaban J connectivity index is 1.57. The molecular weight excluding hydrogens is 450 g/mol. The van der Waals surface area contributed by atoms with Crippen LogP contribution < -0.4 is 29.0 Å². The quantitative estimate of drug-likeness (QED) is 0.455. The molecule has 1 amide bonds. The second-order valence-electron chi connectivity index (χ2n) is 8.09. The summed E-state index contributed by atoms with van der Waals surface area (Å²) in [4.78, 5) is 12.9. The minimum absolute atomic E-state index is 0.0686. The molecule has 184 valence electrons. The maximum absolute atomic E-state index is 12.9. The van der Waals surface area contributed by atoms with Crippen LogP contribution in [0, 0.1) is 0 Å². The van der Waals surface area contributed by atoms with Crippen molar-refractivity contribution in [1.82, 2.24) is 5.32 Å². The molecule has 0 unspecified atom stereocenters. The van der Waals surface area contributed by atoms with E-state index in [-0.39, 0.29) is 25.5 Å². The highest BCUT2D eigenvalue weighted by atomic mass is 16.7. The summed E-state index contributed by atoms with van der Waals surface area (Å²) >= 11 is 0. The van der Waals surface area contributed by atoms with Crippen LogP contribution in [-0.2, 0) is 6.42 Å². The van der Waals surface area contributed by atoms with Gasteiger partial charge in [0.15, 0.2) is 11.5 Å². The number of methoxy groups -OCH3 is 3. The van der Waals surface area contributed by atoms with Gasteiger partial charge in [0.1, 0.15) is 5.75 Å². The van der Waals surface area contributed by atoms with Gasteiger partial charge in [-0.1, -0.05) is 30.3 Å². The zero-order chi connectivity index (χ0) is 24.8. The summed E-state index contributed by atoms with van der Waals surface area (Å²) in [5.74, 6) is 2.42. The van der Waals surface area contributed by atoms with E-state index in [0.29, 0.717) is 39.9 Å². The zero-order valence-corrected chi connectivity index (χ0v) is 19.9. The molecule has 8 heteroatoms. The standard InChI is InChI=1S/C27H29NO7/c1-31-21-11-9-17(10-12-21)22(28-27(30)18-7-5-4-6-8-18)15-20(29)13-19-14-23(32-2)25-26(24(19)33-3)35-16-34-25/h4-12,14,20,22,29H,13,15-16H2,1-3H3,(H,28,30)/t20-,22+/m0/s1. The Hall–Kier alpha value is -3.91. The first kappa shape index (κ1) is 24.2. The summed E-state index contributed by atoms with van der Waals surface area (Å²) in [6.07, 6.45) is -0.286. The van der Waals surface area contributed by atoms with Crippen LogP contribution in [0.1, 0.15) is 33.9 Å². The van der Waals surface area contributed by atoms with Gasteiger partial charge in [-0.2, -0.15) is 0 Å². The number of carbonyl (C=O) groups excluding carboxylic acids is 1. The number of hydrogen-bond acceptors (Lipinski definition) is 7. The minimum atomic E-state index is -0.808. The number of aliphatic hydroxyl groups is 1. The molecule has 3 aromatic rings. The molecule has 1 heterocycles. The molecule has 0 bridgehead atoms. The molecule has 0 radical (unpaired) electrons. The van der Waals surface area contributed by atoms with Gasteiger partial charge in [0.05, 0.1) is 33.5 Å². The van der Waals surface area contributed by atoms with Crippen molar-refractivity contribution in [2.75, 3.05) is 28.1 Å². The maximum atomic E-state index is 12.9. The normalized spacial score (nSPS) is 13.6. The molecule has 0 fully saturated rings. The largest absolute Gasteiger partial charge is 0.497 e. The lowest BCUT2D eigenvalue weighted by atomic mass is 9.95. The molecular formula is C27H29NO7. The number of ether oxygens (including phenoxy) is 5. The molecule has 2 atom stereocenters. The average Bonchev–Trinajstić information content (AvgIpc) is 3.38. The molecule has 0 saturated heterocycles. The molecule has 1 aliphatic rings. The van der Waals surface area contributed by atoms with Crippen molar-refractivity contribution in [1.29, 1.82) is 0 Å². The van der Waals surface area contributed by atoms with Crippen molar-refractivity contribution in [2.24, 2.45) is 0 Å². The van der Waals surface area contributed by atoms with E-state index in [9.17, 15) is 9.90 Å². The molecule has 1 aliphatic heterocycles. The molecule has 0 saturated carbocycles. The van der Waals surface area contributed by atoms with Crippen LogP contribution in [0.2, 0.25) is 0 Å². The van der Waals surface area contributed by atoms with Crippen molar-refractivity contribution >= 4 is 5.91 Å². The fourth-order valence-corrected chi connectivity index (χ4v) is 4.15. The number of rotatable bonds is 10. The highest BCUT2D eigenvalue weighted by Gasteiger charge is 2.28. The SMILES string of the molecule is COc1ccc([C@@H](C[C@@H](O)Cc2cc(OC)c3c(c2OC)OCO3)NC(=O)c2ccccc2)cc1. The van der Waals surface area contributed by atoms with Crippen molar-refractivity contribution in [3.05, 3.63) is 77.4 Å². The van der Waals surface area contributed by atoms with Crippen LogP contribution in [0.25, 0.3) is 0 Å². The Morgan fingerprint density at radius 2 is 1.69 bits per heavy atom. The van der Waals surface area contributed by atoms with Crippen molar-refractivity contribution in [2.45, 2.75) is 25.0 Å². The van der Waals surface area contributed by atoms with E-state index in [2.05, 4.69) is 5.32 Å². The third-order valence-corrected chi connectivity index (χ3v) is 5.89. The van der Waals surface area contributed by atoms with Gasteiger partial charge in [0.25, 0.3) is 5.91 Å². The lowest BCUT2D eigenvalue weighted by molar-refractivity contribution is 0.0909. The van der Waals surface area contributed by atoms with Gasteiger partial charge in [0, 0.05) is 17.5 Å². The van der Waals surface area contributed by atoms with E-state index >= 15 is 0 Å². The van der Waals surface area contributed by atoms with Gasteiger partial charge in [-0.25, -0.2) is 0 Å². The van der Waals surface area contributed by atoms with Gasteiger partial charge in [-0.05, 0) is 42.3 Å². The number of carbonyl (C=O) groups is 1. The maximum Gasteiger partial charge on any atom is 0.251 e. The third-order valence-electron chi connectivity index (χ3n) is 5.89. The van der Waals surface area contributed by atoms with Crippen molar-refractivity contribution < 1.29 is 33.6 Å². The van der Waals surface area contributed by atoms with E-state index in [4.69, 9.17) is 23.7 Å². The smallest absolute Gasteiger partial charge is 0.251 e. The van der Waals surface area contributed by atoms with Crippen LogP contribution in [0.3, 0.4) is 0 Å². The van der Waals surface area contributed by atoms with E-state index in [1.165, 1.54) is 0 Å². The number of fused-ring (bicyclic) bond motifs is 1. The van der Waals surface area contributed by atoms with Gasteiger partial charge < -0.3 is 34.1 Å². The summed E-state index contributed by atoms with van der Waals surface area (Å²) in [6, 6.07) is 17.7. The molecule has 0 spiro atoms. The zero-order valence-electron chi connectivity index (χ0n) is 19.9. The van der Waals surface area contributed by atoms with Gasteiger partial charge in [-0.15, -0.1) is 0 Å². The molecule has 4 rings (SSSR count). The van der Waals surface area contributed by atoms with Crippen LogP contribution in [0.5, 0.6) is 28.7 Å². The molecule has 0 aromatic heterocycles. The van der Waals surface area contributed by atoms with Crippen LogP contribution >= 0.6 is 0 Å². The first-order valence-electron chi connectivity index (χ1n) is 11.3. The van der Waals surface area contributed by atoms with E-state index in [0.717, 1.165) is 5.56 Å². The lowest BCUT2D eigenvalue weighted by Gasteiger charge is -2.23. The highest BCUT2D eigenvalue weighted by molar-refractivity contribution is 5.94. The highest BCUT2D eigenvalue weighted by Crippen LogP contribution is 2.49. The molecule has 2 N–H and O–H groups in total. The number of aliphatic hydroxyl groups excluding tert-OH is 1. The molecule has 3 aromatic carbocycles. The summed E-state index contributed by atoms with van der Waals surface area (Å²) in [6.45, 7) is 0.0686. The fourth-order valence-electron chi connectivity index (χ4n) is 4.15. The fraction of sp³-hybridized carbons (Fsp3) is 0.296. The second kappa shape index (κ2) is 11.0. The number of benzene rings is 3. The summed E-state index contributed by atoms with van der Waals surface area (Å²) in [7, 11) is 4.68.